The molecule has 2 heterocycles. The summed E-state index contributed by atoms with van der Waals surface area (Å²) in [4.78, 5) is 1.51. The average molecular weight is 302 g/mol. The van der Waals surface area contributed by atoms with Crippen molar-refractivity contribution in [1.29, 1.82) is 0 Å². The van der Waals surface area contributed by atoms with Gasteiger partial charge in [0, 0.05) is 9.35 Å². The summed E-state index contributed by atoms with van der Waals surface area (Å²) in [6.45, 7) is 3.46. The molecule has 1 aliphatic heterocycles. The molecule has 1 unspecified atom stereocenters. The summed E-state index contributed by atoms with van der Waals surface area (Å²) in [5.41, 5.74) is 0.248. The lowest BCUT2D eigenvalue weighted by Gasteiger charge is -2.33. The minimum absolute atomic E-state index is 0.248. The summed E-state index contributed by atoms with van der Waals surface area (Å²) < 4.78 is 1.29. The standard InChI is InChI=1S/C13H20BrNS/c1-2-7-13(8-4-3-5-9-15-13)12-11(14)6-10-16-12/h6,10,15H,2-5,7-9H2,1H3. The second kappa shape index (κ2) is 5.65. The van der Waals surface area contributed by atoms with Crippen molar-refractivity contribution in [2.75, 3.05) is 6.54 Å². The molecule has 0 radical (unpaired) electrons. The van der Waals surface area contributed by atoms with Crippen LogP contribution in [0.3, 0.4) is 0 Å². The highest BCUT2D eigenvalue weighted by molar-refractivity contribution is 9.10. The predicted octanol–water partition coefficient (Wildman–Crippen LogP) is 4.67. The van der Waals surface area contributed by atoms with Gasteiger partial charge in [-0.25, -0.2) is 0 Å². The summed E-state index contributed by atoms with van der Waals surface area (Å²) in [6, 6.07) is 2.18. The van der Waals surface area contributed by atoms with Crippen molar-refractivity contribution in [3.8, 4) is 0 Å². The second-order valence-corrected chi connectivity index (χ2v) is 6.44. The van der Waals surface area contributed by atoms with Gasteiger partial charge in [0.25, 0.3) is 0 Å². The molecule has 0 aliphatic carbocycles. The van der Waals surface area contributed by atoms with Gasteiger partial charge in [0.1, 0.15) is 0 Å². The Hall–Kier alpha value is 0.140. The van der Waals surface area contributed by atoms with E-state index in [1.54, 1.807) is 0 Å². The number of nitrogens with one attached hydrogen (secondary N) is 1. The molecule has 1 aliphatic rings. The Labute approximate surface area is 111 Å². The normalized spacial score (nSPS) is 26.6. The molecule has 0 spiro atoms. The van der Waals surface area contributed by atoms with E-state index in [0.29, 0.717) is 0 Å². The summed E-state index contributed by atoms with van der Waals surface area (Å²) >= 11 is 5.60. The van der Waals surface area contributed by atoms with E-state index in [-0.39, 0.29) is 5.54 Å². The van der Waals surface area contributed by atoms with Gasteiger partial charge in [-0.2, -0.15) is 0 Å². The Kier molecular flexibility index (Phi) is 4.45. The van der Waals surface area contributed by atoms with Crippen molar-refractivity contribution >= 4 is 27.3 Å². The topological polar surface area (TPSA) is 12.0 Å². The first kappa shape index (κ1) is 12.6. The fraction of sp³-hybridized carbons (Fsp3) is 0.692. The maximum Gasteiger partial charge on any atom is 0.0540 e. The van der Waals surface area contributed by atoms with E-state index < -0.39 is 0 Å². The second-order valence-electron chi connectivity index (χ2n) is 4.67. The summed E-state index contributed by atoms with van der Waals surface area (Å²) in [5, 5.41) is 6.02. The molecule has 0 saturated carbocycles. The van der Waals surface area contributed by atoms with Crippen molar-refractivity contribution in [2.45, 2.75) is 51.0 Å². The van der Waals surface area contributed by atoms with Gasteiger partial charge in [-0.1, -0.05) is 26.2 Å². The van der Waals surface area contributed by atoms with E-state index in [4.69, 9.17) is 0 Å². The fourth-order valence-corrected chi connectivity index (χ4v) is 4.72. The van der Waals surface area contributed by atoms with Crippen LogP contribution in [-0.2, 0) is 5.54 Å². The monoisotopic (exact) mass is 301 g/mol. The van der Waals surface area contributed by atoms with Crippen molar-refractivity contribution in [3.05, 3.63) is 20.8 Å². The van der Waals surface area contributed by atoms with E-state index in [0.717, 1.165) is 0 Å². The number of hydrogen-bond acceptors (Lipinski definition) is 2. The molecule has 2 rings (SSSR count). The van der Waals surface area contributed by atoms with Gasteiger partial charge < -0.3 is 5.32 Å². The molecule has 1 fully saturated rings. The Bertz CT molecular complexity index is 326. The van der Waals surface area contributed by atoms with Crippen molar-refractivity contribution in [1.82, 2.24) is 5.32 Å². The van der Waals surface area contributed by atoms with Crippen LogP contribution in [-0.4, -0.2) is 6.54 Å². The highest BCUT2D eigenvalue weighted by atomic mass is 79.9. The Morgan fingerprint density at radius 2 is 2.31 bits per heavy atom. The lowest BCUT2D eigenvalue weighted by atomic mass is 9.87. The lowest BCUT2D eigenvalue weighted by Crippen LogP contribution is -2.41. The fourth-order valence-electron chi connectivity index (χ4n) is 2.73. The molecule has 1 N–H and O–H groups in total. The predicted molar refractivity (Wildman–Crippen MR) is 75.1 cm³/mol. The number of halogens is 1. The van der Waals surface area contributed by atoms with E-state index in [2.05, 4.69) is 39.6 Å². The molecule has 0 amide bonds. The minimum Gasteiger partial charge on any atom is -0.307 e. The Balaban J connectivity index is 2.29. The molecule has 3 heteroatoms. The van der Waals surface area contributed by atoms with E-state index in [1.165, 1.54) is 54.4 Å². The SMILES string of the molecule is CCCC1(c2sccc2Br)CCCCCN1. The number of thiophene rings is 1. The third-order valence-electron chi connectivity index (χ3n) is 3.47. The summed E-state index contributed by atoms with van der Waals surface area (Å²) in [6.07, 6.45) is 7.86. The third-order valence-corrected chi connectivity index (χ3v) is 5.51. The van der Waals surface area contributed by atoms with Gasteiger partial charge in [-0.15, -0.1) is 11.3 Å². The number of hydrogen-bond donors (Lipinski definition) is 1. The van der Waals surface area contributed by atoms with Crippen molar-refractivity contribution in [3.63, 3.8) is 0 Å². The largest absolute Gasteiger partial charge is 0.307 e. The van der Waals surface area contributed by atoms with Crippen LogP contribution in [0.15, 0.2) is 15.9 Å². The van der Waals surface area contributed by atoms with Crippen LogP contribution in [0, 0.1) is 0 Å². The zero-order valence-electron chi connectivity index (χ0n) is 9.89. The highest BCUT2D eigenvalue weighted by Gasteiger charge is 2.34. The molecule has 1 nitrogen and oxygen atoms in total. The zero-order valence-corrected chi connectivity index (χ0v) is 12.3. The third kappa shape index (κ3) is 2.52. The van der Waals surface area contributed by atoms with Gasteiger partial charge >= 0.3 is 0 Å². The Morgan fingerprint density at radius 3 is 3.00 bits per heavy atom. The van der Waals surface area contributed by atoms with Crippen LogP contribution in [0.4, 0.5) is 0 Å². The molecular formula is C13H20BrNS. The van der Waals surface area contributed by atoms with Crippen LogP contribution in [0.2, 0.25) is 0 Å². The molecule has 90 valence electrons. The molecule has 1 aromatic rings. The first-order valence-corrected chi connectivity index (χ1v) is 7.94. The smallest absolute Gasteiger partial charge is 0.0540 e. The first-order valence-electron chi connectivity index (χ1n) is 6.27. The molecule has 16 heavy (non-hydrogen) atoms. The molecule has 1 aromatic heterocycles. The maximum absolute atomic E-state index is 3.82. The van der Waals surface area contributed by atoms with E-state index >= 15 is 0 Å². The van der Waals surface area contributed by atoms with Gasteiger partial charge in [0.15, 0.2) is 0 Å². The van der Waals surface area contributed by atoms with Crippen LogP contribution < -0.4 is 5.32 Å². The van der Waals surface area contributed by atoms with Gasteiger partial charge in [-0.05, 0) is 53.2 Å². The molecule has 0 aromatic carbocycles. The quantitative estimate of drug-likeness (QED) is 0.855. The Morgan fingerprint density at radius 1 is 1.44 bits per heavy atom. The van der Waals surface area contributed by atoms with Crippen LogP contribution in [0.25, 0.3) is 0 Å². The van der Waals surface area contributed by atoms with Crippen molar-refractivity contribution in [2.24, 2.45) is 0 Å². The first-order chi connectivity index (χ1) is 7.78. The van der Waals surface area contributed by atoms with Gasteiger partial charge in [-0.3, -0.25) is 0 Å². The lowest BCUT2D eigenvalue weighted by molar-refractivity contribution is 0.302. The van der Waals surface area contributed by atoms with Gasteiger partial charge in [0.05, 0.1) is 5.54 Å². The summed E-state index contributed by atoms with van der Waals surface area (Å²) in [5.74, 6) is 0. The van der Waals surface area contributed by atoms with Crippen LogP contribution in [0.1, 0.15) is 50.3 Å². The van der Waals surface area contributed by atoms with Crippen molar-refractivity contribution < 1.29 is 0 Å². The van der Waals surface area contributed by atoms with E-state index in [9.17, 15) is 0 Å². The average Bonchev–Trinajstić information content (AvgIpc) is 2.57. The van der Waals surface area contributed by atoms with Gasteiger partial charge in [0.2, 0.25) is 0 Å². The van der Waals surface area contributed by atoms with E-state index in [1.807, 2.05) is 11.3 Å². The molecule has 1 atom stereocenters. The zero-order chi connectivity index (χ0) is 11.4. The maximum atomic E-state index is 3.82. The van der Waals surface area contributed by atoms with Crippen LogP contribution >= 0.6 is 27.3 Å². The minimum atomic E-state index is 0.248. The molecular weight excluding hydrogens is 282 g/mol. The van der Waals surface area contributed by atoms with Crippen LogP contribution in [0.5, 0.6) is 0 Å². The highest BCUT2D eigenvalue weighted by Crippen LogP contribution is 2.41. The number of rotatable bonds is 3. The summed E-state index contributed by atoms with van der Waals surface area (Å²) in [7, 11) is 0. The molecule has 1 saturated heterocycles. The molecule has 0 bridgehead atoms.